The molecule has 1 fully saturated rings. The fourth-order valence-electron chi connectivity index (χ4n) is 1.93. The van der Waals surface area contributed by atoms with Crippen LogP contribution in [0.1, 0.15) is 32.4 Å². The Kier molecular flexibility index (Phi) is 2.53. The predicted octanol–water partition coefficient (Wildman–Crippen LogP) is 1.08. The molecule has 0 bridgehead atoms. The fraction of sp³-hybridized carbons (Fsp3) is 0.545. The highest BCUT2D eigenvalue weighted by molar-refractivity contribution is 5.98. The van der Waals surface area contributed by atoms with Crippen molar-refractivity contribution in [3.8, 4) is 0 Å². The van der Waals surface area contributed by atoms with E-state index in [1.54, 1.807) is 12.3 Å². The van der Waals surface area contributed by atoms with Crippen LogP contribution in [0, 0.1) is 5.41 Å². The van der Waals surface area contributed by atoms with Gasteiger partial charge in [0.25, 0.3) is 0 Å². The first-order chi connectivity index (χ1) is 7.48. The van der Waals surface area contributed by atoms with Gasteiger partial charge in [-0.05, 0) is 11.5 Å². The maximum atomic E-state index is 11.8. The summed E-state index contributed by atoms with van der Waals surface area (Å²) < 4.78 is 0. The molecule has 5 nitrogen and oxygen atoms in total. The van der Waals surface area contributed by atoms with Crippen LogP contribution in [0.3, 0.4) is 0 Å². The molecule has 0 aliphatic carbocycles. The van der Waals surface area contributed by atoms with Crippen molar-refractivity contribution in [3.63, 3.8) is 0 Å². The van der Waals surface area contributed by atoms with E-state index < -0.39 is 0 Å². The molecule has 1 aromatic heterocycles. The van der Waals surface area contributed by atoms with Gasteiger partial charge in [-0.1, -0.05) is 13.8 Å². The standard InChI is InChI=1S/C11H15N3O2/c1-11(2)5-9(15)14(10(16)6-11)7-8-3-4-12-13-8/h3-4H,5-7H2,1-2H3,(H,12,13). The molecule has 0 atom stereocenters. The van der Waals surface area contributed by atoms with Crippen molar-refractivity contribution < 1.29 is 9.59 Å². The van der Waals surface area contributed by atoms with Gasteiger partial charge in [0.05, 0.1) is 12.2 Å². The van der Waals surface area contributed by atoms with E-state index in [-0.39, 0.29) is 17.2 Å². The monoisotopic (exact) mass is 221 g/mol. The van der Waals surface area contributed by atoms with Gasteiger partial charge in [0.1, 0.15) is 0 Å². The average molecular weight is 221 g/mol. The number of aromatic amines is 1. The van der Waals surface area contributed by atoms with Gasteiger partial charge < -0.3 is 0 Å². The summed E-state index contributed by atoms with van der Waals surface area (Å²) in [6.45, 7) is 4.18. The zero-order valence-corrected chi connectivity index (χ0v) is 9.49. The van der Waals surface area contributed by atoms with Crippen molar-refractivity contribution in [1.29, 1.82) is 0 Å². The van der Waals surface area contributed by atoms with Crippen molar-refractivity contribution >= 4 is 11.8 Å². The van der Waals surface area contributed by atoms with Crippen LogP contribution in [-0.2, 0) is 16.1 Å². The summed E-state index contributed by atoms with van der Waals surface area (Å²) in [5.74, 6) is -0.202. The third-order valence-corrected chi connectivity index (χ3v) is 2.75. The lowest BCUT2D eigenvalue weighted by Gasteiger charge is -2.34. The van der Waals surface area contributed by atoms with Gasteiger partial charge in [-0.3, -0.25) is 19.6 Å². The van der Waals surface area contributed by atoms with Gasteiger partial charge in [0.2, 0.25) is 11.8 Å². The number of rotatable bonds is 2. The van der Waals surface area contributed by atoms with Gasteiger partial charge >= 0.3 is 0 Å². The molecule has 1 saturated heterocycles. The number of hydrogen-bond acceptors (Lipinski definition) is 3. The Morgan fingerprint density at radius 1 is 1.38 bits per heavy atom. The summed E-state index contributed by atoms with van der Waals surface area (Å²) >= 11 is 0. The van der Waals surface area contributed by atoms with Gasteiger partial charge in [0.15, 0.2) is 0 Å². The van der Waals surface area contributed by atoms with E-state index in [0.29, 0.717) is 19.4 Å². The smallest absolute Gasteiger partial charge is 0.230 e. The maximum Gasteiger partial charge on any atom is 0.230 e. The zero-order chi connectivity index (χ0) is 11.8. The highest BCUT2D eigenvalue weighted by Gasteiger charge is 2.37. The van der Waals surface area contributed by atoms with Crippen molar-refractivity contribution in [2.24, 2.45) is 5.41 Å². The minimum atomic E-state index is -0.210. The molecule has 86 valence electrons. The second-order valence-electron chi connectivity index (χ2n) is 4.97. The van der Waals surface area contributed by atoms with E-state index in [2.05, 4.69) is 10.2 Å². The Morgan fingerprint density at radius 3 is 2.50 bits per heavy atom. The number of hydrogen-bond donors (Lipinski definition) is 1. The van der Waals surface area contributed by atoms with Crippen LogP contribution in [0.4, 0.5) is 0 Å². The number of amides is 2. The van der Waals surface area contributed by atoms with E-state index in [1.165, 1.54) is 4.90 Å². The lowest BCUT2D eigenvalue weighted by atomic mass is 9.82. The van der Waals surface area contributed by atoms with Gasteiger partial charge in [-0.15, -0.1) is 0 Å². The molecular weight excluding hydrogens is 206 g/mol. The van der Waals surface area contributed by atoms with Crippen LogP contribution in [0.2, 0.25) is 0 Å². The molecule has 1 aliphatic rings. The van der Waals surface area contributed by atoms with Crippen molar-refractivity contribution in [2.75, 3.05) is 0 Å². The summed E-state index contributed by atoms with van der Waals surface area (Å²) in [5.41, 5.74) is 0.569. The lowest BCUT2D eigenvalue weighted by Crippen LogP contribution is -2.45. The molecule has 2 amide bonds. The molecule has 0 radical (unpaired) electrons. The van der Waals surface area contributed by atoms with Crippen molar-refractivity contribution in [1.82, 2.24) is 15.1 Å². The van der Waals surface area contributed by atoms with E-state index in [0.717, 1.165) is 5.69 Å². The Bertz CT molecular complexity index is 389. The van der Waals surface area contributed by atoms with E-state index in [4.69, 9.17) is 0 Å². The minimum absolute atomic E-state index is 0.101. The summed E-state index contributed by atoms with van der Waals surface area (Å²) in [6, 6.07) is 1.76. The lowest BCUT2D eigenvalue weighted by molar-refractivity contribution is -0.153. The highest BCUT2D eigenvalue weighted by atomic mass is 16.2. The Labute approximate surface area is 93.8 Å². The number of carbonyl (C=O) groups is 2. The van der Waals surface area contributed by atoms with Crippen LogP contribution in [-0.4, -0.2) is 26.9 Å². The molecule has 16 heavy (non-hydrogen) atoms. The number of nitrogens with one attached hydrogen (secondary N) is 1. The van der Waals surface area contributed by atoms with Gasteiger partial charge in [0, 0.05) is 19.0 Å². The molecule has 5 heteroatoms. The second kappa shape index (κ2) is 3.73. The topological polar surface area (TPSA) is 66.1 Å². The third-order valence-electron chi connectivity index (χ3n) is 2.75. The second-order valence-corrected chi connectivity index (χ2v) is 4.97. The highest BCUT2D eigenvalue weighted by Crippen LogP contribution is 2.31. The number of H-pyrrole nitrogens is 1. The molecule has 2 heterocycles. The van der Waals surface area contributed by atoms with Crippen LogP contribution >= 0.6 is 0 Å². The normalized spacial score (nSPS) is 20.2. The quantitative estimate of drug-likeness (QED) is 0.760. The average Bonchev–Trinajstić information content (AvgIpc) is 2.62. The van der Waals surface area contributed by atoms with E-state index in [9.17, 15) is 9.59 Å². The van der Waals surface area contributed by atoms with Crippen LogP contribution in [0.25, 0.3) is 0 Å². The molecule has 0 aromatic carbocycles. The molecule has 0 saturated carbocycles. The summed E-state index contributed by atoms with van der Waals surface area (Å²) in [6.07, 6.45) is 2.46. The Hall–Kier alpha value is -1.65. The maximum absolute atomic E-state index is 11.8. The summed E-state index contributed by atoms with van der Waals surface area (Å²) in [4.78, 5) is 24.9. The summed E-state index contributed by atoms with van der Waals surface area (Å²) in [5, 5.41) is 6.54. The zero-order valence-electron chi connectivity index (χ0n) is 9.49. The van der Waals surface area contributed by atoms with Gasteiger partial charge in [-0.2, -0.15) is 5.10 Å². The number of nitrogens with zero attached hydrogens (tertiary/aromatic N) is 2. The SMILES string of the molecule is CC1(C)CC(=O)N(Cc2ccn[nH]2)C(=O)C1. The van der Waals surface area contributed by atoms with Gasteiger partial charge in [-0.25, -0.2) is 0 Å². The number of piperidine rings is 1. The van der Waals surface area contributed by atoms with Crippen LogP contribution in [0.15, 0.2) is 12.3 Å². The Morgan fingerprint density at radius 2 is 2.00 bits per heavy atom. The van der Waals surface area contributed by atoms with E-state index >= 15 is 0 Å². The van der Waals surface area contributed by atoms with Crippen molar-refractivity contribution in [3.05, 3.63) is 18.0 Å². The van der Waals surface area contributed by atoms with Crippen LogP contribution in [0.5, 0.6) is 0 Å². The fourth-order valence-corrected chi connectivity index (χ4v) is 1.93. The number of likely N-dealkylation sites (tertiary alicyclic amines) is 1. The molecule has 0 spiro atoms. The predicted molar refractivity (Wildman–Crippen MR) is 57.2 cm³/mol. The summed E-state index contributed by atoms with van der Waals surface area (Å²) in [7, 11) is 0. The Balaban J connectivity index is 2.11. The van der Waals surface area contributed by atoms with Crippen molar-refractivity contribution in [2.45, 2.75) is 33.2 Å². The number of carbonyl (C=O) groups excluding carboxylic acids is 2. The first kappa shape index (κ1) is 10.9. The van der Waals surface area contributed by atoms with E-state index in [1.807, 2.05) is 13.8 Å². The third kappa shape index (κ3) is 2.13. The first-order valence-electron chi connectivity index (χ1n) is 5.29. The molecule has 1 aromatic rings. The largest absolute Gasteiger partial charge is 0.281 e. The number of imide groups is 1. The van der Waals surface area contributed by atoms with Crippen LogP contribution < -0.4 is 0 Å². The molecule has 1 N–H and O–H groups in total. The number of aromatic nitrogens is 2. The molecular formula is C11H15N3O2. The molecule has 2 rings (SSSR count). The molecule has 1 aliphatic heterocycles. The minimum Gasteiger partial charge on any atom is -0.281 e. The molecule has 0 unspecified atom stereocenters. The first-order valence-corrected chi connectivity index (χ1v) is 5.29.